The molecule has 1 nitrogen and oxygen atoms in total. The molecule has 4 rings (SSSR count). The molecular weight excluding hydrogens is 504 g/mol. The third-order valence-corrected chi connectivity index (χ3v) is 7.67. The van der Waals surface area contributed by atoms with Crippen molar-refractivity contribution in [2.75, 3.05) is 7.11 Å². The van der Waals surface area contributed by atoms with Crippen molar-refractivity contribution in [3.63, 3.8) is 0 Å². The number of methoxy groups -OCH3 is 1. The van der Waals surface area contributed by atoms with E-state index in [0.717, 1.165) is 12.2 Å². The van der Waals surface area contributed by atoms with Crippen molar-refractivity contribution in [2.24, 2.45) is 0 Å². The van der Waals surface area contributed by atoms with Crippen molar-refractivity contribution in [1.29, 1.82) is 0 Å². The molecule has 0 heterocycles. The predicted molar refractivity (Wildman–Crippen MR) is 136 cm³/mol. The Morgan fingerprint density at radius 1 is 0.543 bits per heavy atom. The molecule has 0 radical (unpaired) electrons. The Balaban J connectivity index is 0.000000429. The Bertz CT molecular complexity index is 1160. The van der Waals surface area contributed by atoms with Crippen LogP contribution in [0.1, 0.15) is 11.1 Å². The Morgan fingerprint density at radius 3 is 1.26 bits per heavy atom. The predicted octanol–water partition coefficient (Wildman–Crippen LogP) is 8.16. The zero-order chi connectivity index (χ0) is 25.6. The fraction of sp³-hybridized carbons (Fsp3) is 0.0769. The molecule has 0 fully saturated rings. The molecule has 0 saturated carbocycles. The van der Waals surface area contributed by atoms with E-state index in [9.17, 15) is 25.2 Å². The van der Waals surface area contributed by atoms with E-state index in [0.29, 0.717) is 0 Å². The summed E-state index contributed by atoms with van der Waals surface area (Å²) in [6, 6.07) is 39.3. The average molecular weight is 528 g/mol. The van der Waals surface area contributed by atoms with Gasteiger partial charge in [-0.2, -0.15) is 0 Å². The van der Waals surface area contributed by atoms with Gasteiger partial charge in [-0.25, -0.2) is 0 Å². The number of ether oxygens (including phenoxy) is 1. The molecule has 0 amide bonds. The van der Waals surface area contributed by atoms with Crippen molar-refractivity contribution in [1.82, 2.24) is 0 Å². The summed E-state index contributed by atoms with van der Waals surface area (Å²) in [6.45, 7) is 0. The van der Waals surface area contributed by atoms with E-state index in [1.54, 1.807) is 7.11 Å². The first kappa shape index (κ1) is 26.7. The van der Waals surface area contributed by atoms with Crippen molar-refractivity contribution in [3.05, 3.63) is 120 Å². The summed E-state index contributed by atoms with van der Waals surface area (Å²) in [4.78, 5) is 0. The molecule has 0 aliphatic carbocycles. The van der Waals surface area contributed by atoms with Crippen LogP contribution in [0, 0.1) is 0 Å². The third kappa shape index (κ3) is 10.1. The topological polar surface area (TPSA) is 9.23 Å². The molecule has 0 atom stereocenters. The van der Waals surface area contributed by atoms with Crippen LogP contribution in [0.3, 0.4) is 0 Å². The van der Waals surface area contributed by atoms with Gasteiger partial charge in [0.1, 0.15) is 21.7 Å². The minimum atomic E-state index is -10.7. The summed E-state index contributed by atoms with van der Waals surface area (Å²) in [5.41, 5.74) is 2.63. The summed E-state index contributed by atoms with van der Waals surface area (Å²) in [7, 11) is -9.95. The van der Waals surface area contributed by atoms with Gasteiger partial charge in [-0.15, -0.1) is 0 Å². The van der Waals surface area contributed by atoms with E-state index < -0.39 is 15.7 Å². The zero-order valence-electron chi connectivity index (χ0n) is 18.7. The molecule has 9 heteroatoms. The van der Waals surface area contributed by atoms with Gasteiger partial charge < -0.3 is 4.74 Å². The third-order valence-electron chi connectivity index (χ3n) is 4.93. The van der Waals surface area contributed by atoms with Crippen LogP contribution in [-0.2, 0) is 6.42 Å². The average Bonchev–Trinajstić information content (AvgIpc) is 2.80. The summed E-state index contributed by atoms with van der Waals surface area (Å²) >= 11 is 0. The molecular formula is C26H24F6OP2. The van der Waals surface area contributed by atoms with Crippen LogP contribution in [0.2, 0.25) is 0 Å². The molecule has 0 N–H and O–H groups in total. The van der Waals surface area contributed by atoms with E-state index in [1.807, 2.05) is 12.1 Å². The van der Waals surface area contributed by atoms with E-state index in [4.69, 9.17) is 4.74 Å². The molecule has 0 bridgehead atoms. The second kappa shape index (κ2) is 10.0. The normalized spacial score (nSPS) is 13.3. The Hall–Kier alpha value is -2.88. The number of hydrogen-bond acceptors (Lipinski definition) is 1. The van der Waals surface area contributed by atoms with E-state index >= 15 is 0 Å². The van der Waals surface area contributed by atoms with Crippen LogP contribution in [0.5, 0.6) is 5.75 Å². The van der Waals surface area contributed by atoms with Gasteiger partial charge in [-0.1, -0.05) is 60.7 Å². The molecule has 186 valence electrons. The fourth-order valence-electron chi connectivity index (χ4n) is 3.48. The first-order chi connectivity index (χ1) is 16.3. The summed E-state index contributed by atoms with van der Waals surface area (Å²) in [6.07, 6.45) is 0.934. The molecule has 4 aromatic carbocycles. The van der Waals surface area contributed by atoms with Gasteiger partial charge in [-0.3, -0.25) is 0 Å². The van der Waals surface area contributed by atoms with Crippen molar-refractivity contribution in [2.45, 2.75) is 6.42 Å². The first-order valence-corrected chi connectivity index (χ1v) is 14.1. The fourth-order valence-corrected chi connectivity index (χ4v) is 6.03. The van der Waals surface area contributed by atoms with E-state index in [1.165, 1.54) is 27.0 Å². The van der Waals surface area contributed by atoms with Gasteiger partial charge in [0, 0.05) is 0 Å². The molecule has 0 saturated heterocycles. The van der Waals surface area contributed by atoms with Crippen LogP contribution in [0.25, 0.3) is 0 Å². The van der Waals surface area contributed by atoms with Crippen molar-refractivity contribution >= 4 is 31.6 Å². The standard InChI is InChI=1S/C26H23OP.F6P/c1-27-23-16-12-21(13-17-23)20-22-14-18-26(19-15-22)28(24-8-4-2-5-9-24)25-10-6-3-7-11-25;1-7(2,3,4,5)6/h2-19H,20H2,1H3;/q;-1/p+1. The number of rotatable bonds is 6. The Morgan fingerprint density at radius 2 is 0.886 bits per heavy atom. The van der Waals surface area contributed by atoms with Gasteiger partial charge in [0.15, 0.2) is 0 Å². The monoisotopic (exact) mass is 528 g/mol. The van der Waals surface area contributed by atoms with Crippen LogP contribution < -0.4 is 20.7 Å². The van der Waals surface area contributed by atoms with Gasteiger partial charge >= 0.3 is 33.0 Å². The number of halogens is 6. The molecule has 0 aliphatic heterocycles. The van der Waals surface area contributed by atoms with Crippen LogP contribution in [-0.4, -0.2) is 7.11 Å². The second-order valence-corrected chi connectivity index (χ2v) is 12.2. The van der Waals surface area contributed by atoms with Gasteiger partial charge in [0.05, 0.1) is 15.0 Å². The maximum absolute atomic E-state index is 10.7. The summed E-state index contributed by atoms with van der Waals surface area (Å²) in [5.74, 6) is 0.900. The maximum atomic E-state index is 9.87. The van der Waals surface area contributed by atoms with Crippen LogP contribution in [0.15, 0.2) is 109 Å². The SMILES string of the molecule is COc1ccc(Cc2ccc([PH+](c3ccccc3)c3ccccc3)cc2)cc1.F[P-](F)(F)(F)(F)F. The molecule has 0 aliphatic rings. The Labute approximate surface area is 201 Å². The summed E-state index contributed by atoms with van der Waals surface area (Å²) in [5, 5.41) is 4.25. The summed E-state index contributed by atoms with van der Waals surface area (Å²) < 4.78 is 64.4. The molecule has 35 heavy (non-hydrogen) atoms. The molecule has 0 aromatic heterocycles. The van der Waals surface area contributed by atoms with Crippen molar-refractivity contribution in [3.8, 4) is 5.75 Å². The second-order valence-electron chi connectivity index (χ2n) is 7.79. The quantitative estimate of drug-likeness (QED) is 0.181. The Kier molecular flexibility index (Phi) is 7.64. The number of benzene rings is 4. The van der Waals surface area contributed by atoms with E-state index in [2.05, 4.69) is 97.1 Å². The van der Waals surface area contributed by atoms with Crippen LogP contribution >= 0.6 is 15.7 Å². The van der Waals surface area contributed by atoms with Crippen LogP contribution in [0.4, 0.5) is 25.2 Å². The molecule has 0 spiro atoms. The first-order valence-electron chi connectivity index (χ1n) is 10.5. The van der Waals surface area contributed by atoms with Gasteiger partial charge in [0.25, 0.3) is 0 Å². The molecule has 4 aromatic rings. The molecule has 0 unspecified atom stereocenters. The van der Waals surface area contributed by atoms with Gasteiger partial charge in [-0.05, 0) is 66.1 Å². The van der Waals surface area contributed by atoms with E-state index in [-0.39, 0.29) is 0 Å². The van der Waals surface area contributed by atoms with Crippen molar-refractivity contribution < 1.29 is 29.9 Å². The zero-order valence-corrected chi connectivity index (χ0v) is 20.6. The minimum absolute atomic E-state index is 0.900. The number of hydrogen-bond donors (Lipinski definition) is 0. The van der Waals surface area contributed by atoms with Gasteiger partial charge in [0.2, 0.25) is 0 Å².